The van der Waals surface area contributed by atoms with Gasteiger partial charge >= 0.3 is 6.09 Å². The maximum Gasteiger partial charge on any atom is 0.410 e. The van der Waals surface area contributed by atoms with Crippen molar-refractivity contribution in [1.82, 2.24) is 14.7 Å². The van der Waals surface area contributed by atoms with Crippen LogP contribution >= 0.6 is 0 Å². The number of piperazine rings is 1. The highest BCUT2D eigenvalue weighted by Gasteiger charge is 2.50. The van der Waals surface area contributed by atoms with Crippen LogP contribution in [0.1, 0.15) is 112 Å². The molecule has 11 nitrogen and oxygen atoms in total. The molecule has 0 aromatic rings. The molecule has 0 radical (unpaired) electrons. The molecule has 48 heavy (non-hydrogen) atoms. The second-order valence-electron chi connectivity index (χ2n) is 14.4. The number of amides is 1. The van der Waals surface area contributed by atoms with Crippen LogP contribution in [0.4, 0.5) is 4.79 Å². The molecule has 2 N–H and O–H groups in total. The Balaban J connectivity index is 0.00000307. The van der Waals surface area contributed by atoms with Crippen molar-refractivity contribution in [2.24, 2.45) is 21.6 Å². The summed E-state index contributed by atoms with van der Waals surface area (Å²) >= 11 is 0. The van der Waals surface area contributed by atoms with Gasteiger partial charge in [0.2, 0.25) is 5.90 Å². The average molecular weight is 671 g/mol. The molecule has 2 heterocycles. The van der Waals surface area contributed by atoms with Gasteiger partial charge in [-0.15, -0.1) is 0 Å². The van der Waals surface area contributed by atoms with Gasteiger partial charge in [-0.2, -0.15) is 0 Å². The first-order valence-corrected chi connectivity index (χ1v) is 18.2. The number of nitrogens with two attached hydrogens (primary N) is 1. The Morgan fingerprint density at radius 1 is 1.08 bits per heavy atom. The predicted molar refractivity (Wildman–Crippen MR) is 192 cm³/mol. The molecule has 4 rings (SSSR count). The number of carbonyl (C=O) groups is 3. The lowest BCUT2D eigenvalue weighted by Crippen LogP contribution is -2.67. The molecule has 4 fully saturated rings. The maximum atomic E-state index is 13.6. The number of ketones is 2. The third-order valence-corrected chi connectivity index (χ3v) is 9.88. The molecular formula is C37H62N6O5. The first kappa shape index (κ1) is 39.2. The standard InChI is InChI=1S/C35H56N6O5.C2H6/c1-7-12-26(32(36)27-14-8-9-15-28(27)42)29(43)22-38-31(45-23-25-13-10-18-39(25)6)21-30(37-5)40-19-20-41(33(44)46-34(2,3)4)35(24-40)16-11-17-35;1-2/h21,25,27H,5,7-20,22-24,36H2,1-4,6H3;1-2H3/b30-21+,32-26-,38-31?;/t25-,27-;/m0./s1. The molecule has 2 atom stereocenters. The monoisotopic (exact) mass is 670 g/mol. The number of carbonyl (C=O) groups excluding carboxylic acids is 3. The zero-order valence-electron chi connectivity index (χ0n) is 30.8. The molecule has 0 aromatic carbocycles. The minimum absolute atomic E-state index is 0.124. The summed E-state index contributed by atoms with van der Waals surface area (Å²) in [7, 11) is 2.09. The zero-order valence-corrected chi connectivity index (χ0v) is 30.8. The topological polar surface area (TPSA) is 130 Å². The fourth-order valence-corrected chi connectivity index (χ4v) is 7.10. The molecule has 1 spiro atoms. The van der Waals surface area contributed by atoms with E-state index in [4.69, 9.17) is 15.2 Å². The number of Topliss-reactive ketones (excluding diaryl/α,β-unsaturated/α-hetero) is 2. The third kappa shape index (κ3) is 10.2. The number of aliphatic imine (C=N–C) groups is 2. The highest BCUT2D eigenvalue weighted by Crippen LogP contribution is 2.42. The lowest BCUT2D eigenvalue weighted by molar-refractivity contribution is -0.123. The van der Waals surface area contributed by atoms with Gasteiger partial charge in [0, 0.05) is 49.4 Å². The Labute approximate surface area is 289 Å². The van der Waals surface area contributed by atoms with Crippen molar-refractivity contribution in [1.29, 1.82) is 0 Å². The van der Waals surface area contributed by atoms with E-state index in [1.807, 2.05) is 46.4 Å². The third-order valence-electron chi connectivity index (χ3n) is 9.88. The van der Waals surface area contributed by atoms with Crippen LogP contribution in [0.25, 0.3) is 0 Å². The summed E-state index contributed by atoms with van der Waals surface area (Å²) in [5.41, 5.74) is 6.56. The molecule has 11 heteroatoms. The lowest BCUT2D eigenvalue weighted by atomic mass is 9.74. The number of hydrogen-bond donors (Lipinski definition) is 1. The van der Waals surface area contributed by atoms with E-state index >= 15 is 0 Å². The van der Waals surface area contributed by atoms with E-state index in [9.17, 15) is 14.4 Å². The number of likely N-dealkylation sites (tertiary alicyclic amines) is 1. The van der Waals surface area contributed by atoms with Crippen molar-refractivity contribution < 1.29 is 23.9 Å². The Morgan fingerprint density at radius 2 is 1.81 bits per heavy atom. The Bertz CT molecular complexity index is 1230. The van der Waals surface area contributed by atoms with Crippen LogP contribution in [-0.2, 0) is 19.1 Å². The number of allylic oxidation sites excluding steroid dienone is 1. The van der Waals surface area contributed by atoms with Gasteiger partial charge in [-0.1, -0.05) is 33.6 Å². The van der Waals surface area contributed by atoms with E-state index < -0.39 is 5.60 Å². The molecule has 0 bridgehead atoms. The smallest absolute Gasteiger partial charge is 0.410 e. The number of nitrogens with zero attached hydrogens (tertiary/aromatic N) is 5. The quantitative estimate of drug-likeness (QED) is 0.164. The van der Waals surface area contributed by atoms with Crippen molar-refractivity contribution in [3.05, 3.63) is 23.2 Å². The molecular weight excluding hydrogens is 608 g/mol. The number of rotatable bonds is 11. The summed E-state index contributed by atoms with van der Waals surface area (Å²) in [6.07, 6.45) is 10.7. The van der Waals surface area contributed by atoms with E-state index in [1.54, 1.807) is 6.08 Å². The fraction of sp³-hybridized carbons (Fsp3) is 0.757. The Hall–Kier alpha value is -3.21. The SMILES string of the molecule is C=N/C(=C\C(=NCC(=O)/C(CCC)=C(\N)[C@H]1CCCCC1=O)OC[C@@H]1CCCN1C)N1CCN(C(=O)OC(C)(C)C)C2(CCC2)C1.CC. The Morgan fingerprint density at radius 3 is 2.38 bits per heavy atom. The molecule has 1 amide bonds. The van der Waals surface area contributed by atoms with Gasteiger partial charge in [0.05, 0.1) is 11.5 Å². The fourth-order valence-electron chi connectivity index (χ4n) is 7.10. The molecule has 4 aliphatic rings. The molecule has 2 aliphatic heterocycles. The zero-order chi connectivity index (χ0) is 35.5. The summed E-state index contributed by atoms with van der Waals surface area (Å²) < 4.78 is 12.0. The molecule has 0 aromatic heterocycles. The normalized spacial score (nSPS) is 23.9. The van der Waals surface area contributed by atoms with Gasteiger partial charge in [-0.25, -0.2) is 14.8 Å². The van der Waals surface area contributed by atoms with Crippen LogP contribution < -0.4 is 5.73 Å². The van der Waals surface area contributed by atoms with Crippen molar-refractivity contribution in [2.75, 3.05) is 46.4 Å². The largest absolute Gasteiger partial charge is 0.476 e. The van der Waals surface area contributed by atoms with Crippen LogP contribution in [-0.4, -0.2) is 109 Å². The van der Waals surface area contributed by atoms with E-state index in [2.05, 4.69) is 33.5 Å². The van der Waals surface area contributed by atoms with E-state index in [0.717, 1.165) is 57.9 Å². The Kier molecular flexibility index (Phi) is 14.7. The van der Waals surface area contributed by atoms with Gasteiger partial charge < -0.3 is 25.0 Å². The summed E-state index contributed by atoms with van der Waals surface area (Å²) in [5, 5.41) is 0. The van der Waals surface area contributed by atoms with Gasteiger partial charge in [0.25, 0.3) is 0 Å². The molecule has 270 valence electrons. The lowest BCUT2D eigenvalue weighted by Gasteiger charge is -2.55. The summed E-state index contributed by atoms with van der Waals surface area (Å²) in [6.45, 7) is 18.5. The molecule has 0 unspecified atom stereocenters. The predicted octanol–water partition coefficient (Wildman–Crippen LogP) is 5.88. The first-order valence-electron chi connectivity index (χ1n) is 18.2. The van der Waals surface area contributed by atoms with Crippen molar-refractivity contribution in [2.45, 2.75) is 129 Å². The van der Waals surface area contributed by atoms with E-state index in [1.165, 1.54) is 0 Å². The molecule has 2 aliphatic carbocycles. The first-order chi connectivity index (χ1) is 22.9. The summed E-state index contributed by atoms with van der Waals surface area (Å²) in [6, 6.07) is 0.258. The van der Waals surface area contributed by atoms with Gasteiger partial charge in [-0.05, 0) is 92.4 Å². The van der Waals surface area contributed by atoms with Crippen LogP contribution in [0.3, 0.4) is 0 Å². The van der Waals surface area contributed by atoms with Gasteiger partial charge in [0.1, 0.15) is 30.4 Å². The van der Waals surface area contributed by atoms with Gasteiger partial charge in [0.15, 0.2) is 5.78 Å². The number of ether oxygens (including phenoxy) is 2. The highest BCUT2D eigenvalue weighted by molar-refractivity contribution is 6.00. The van der Waals surface area contributed by atoms with Crippen LogP contribution in [0.2, 0.25) is 0 Å². The number of hydrogen-bond acceptors (Lipinski definition) is 10. The van der Waals surface area contributed by atoms with Crippen LogP contribution in [0, 0.1) is 5.92 Å². The van der Waals surface area contributed by atoms with E-state index in [0.29, 0.717) is 68.5 Å². The van der Waals surface area contributed by atoms with Crippen LogP contribution in [0.5, 0.6) is 0 Å². The number of likely N-dealkylation sites (N-methyl/N-ethyl adjacent to an activating group) is 1. The maximum absolute atomic E-state index is 13.6. The summed E-state index contributed by atoms with van der Waals surface area (Å²) in [4.78, 5) is 54.7. The highest BCUT2D eigenvalue weighted by atomic mass is 16.6. The minimum Gasteiger partial charge on any atom is -0.476 e. The van der Waals surface area contributed by atoms with Crippen molar-refractivity contribution >= 4 is 30.3 Å². The van der Waals surface area contributed by atoms with Crippen molar-refractivity contribution in [3.63, 3.8) is 0 Å². The van der Waals surface area contributed by atoms with Crippen LogP contribution in [0.15, 0.2) is 33.2 Å². The minimum atomic E-state index is -0.566. The second-order valence-corrected chi connectivity index (χ2v) is 14.4. The van der Waals surface area contributed by atoms with Gasteiger partial charge in [-0.3, -0.25) is 14.5 Å². The average Bonchev–Trinajstić information content (AvgIpc) is 3.46. The van der Waals surface area contributed by atoms with Crippen molar-refractivity contribution in [3.8, 4) is 0 Å². The second kappa shape index (κ2) is 18.0. The molecule has 2 saturated heterocycles. The molecule has 2 saturated carbocycles. The van der Waals surface area contributed by atoms with E-state index in [-0.39, 0.29) is 41.7 Å². The summed E-state index contributed by atoms with van der Waals surface area (Å²) in [5.74, 6) is 0.470.